The minimum absolute atomic E-state index is 0.0329. The first-order valence-electron chi connectivity index (χ1n) is 10.7. The molecule has 5 nitrogen and oxygen atoms in total. The van der Waals surface area contributed by atoms with Crippen molar-refractivity contribution in [1.82, 2.24) is 0 Å². The van der Waals surface area contributed by atoms with Gasteiger partial charge in [0, 0.05) is 22.9 Å². The molecule has 1 atom stereocenters. The topological polar surface area (TPSA) is 72.8 Å². The van der Waals surface area contributed by atoms with E-state index in [0.29, 0.717) is 13.0 Å². The molecule has 3 aromatic rings. The van der Waals surface area contributed by atoms with Gasteiger partial charge >= 0.3 is 11.9 Å². The highest BCUT2D eigenvalue weighted by Crippen LogP contribution is 2.29. The van der Waals surface area contributed by atoms with Gasteiger partial charge in [0.05, 0.1) is 12.7 Å². The fraction of sp³-hybridized carbons (Fsp3) is 0.185. The summed E-state index contributed by atoms with van der Waals surface area (Å²) in [6.07, 6.45) is 4.51. The lowest BCUT2D eigenvalue weighted by atomic mass is 10.1. The van der Waals surface area contributed by atoms with Gasteiger partial charge in [-0.15, -0.1) is 11.3 Å². The summed E-state index contributed by atoms with van der Waals surface area (Å²) in [4.78, 5) is 24.9. The molecule has 0 saturated carbocycles. The molecule has 0 amide bonds. The Kier molecular flexibility index (Phi) is 9.76. The first-order valence-corrected chi connectivity index (χ1v) is 11.6. The van der Waals surface area contributed by atoms with Gasteiger partial charge in [0.15, 0.2) is 0 Å². The van der Waals surface area contributed by atoms with Gasteiger partial charge in [0.2, 0.25) is 0 Å². The molecule has 0 fully saturated rings. The molecule has 7 heteroatoms. The minimum atomic E-state index is -1.20. The Labute approximate surface area is 201 Å². The third-order valence-corrected chi connectivity index (χ3v) is 5.85. The Balaban J connectivity index is 1.58. The first-order chi connectivity index (χ1) is 16.5. The number of rotatable bonds is 12. The smallest absolute Gasteiger partial charge is 0.331 e. The fourth-order valence-corrected chi connectivity index (χ4v) is 3.93. The Bertz CT molecular complexity index is 1110. The van der Waals surface area contributed by atoms with E-state index in [4.69, 9.17) is 9.47 Å². The number of carboxylic acids is 1. The number of hydrogen-bond acceptors (Lipinski definition) is 5. The second-order valence-corrected chi connectivity index (χ2v) is 8.35. The Morgan fingerprint density at radius 2 is 1.79 bits per heavy atom. The summed E-state index contributed by atoms with van der Waals surface area (Å²) in [5, 5.41) is 11.5. The van der Waals surface area contributed by atoms with Gasteiger partial charge in [-0.3, -0.25) is 0 Å². The van der Waals surface area contributed by atoms with Gasteiger partial charge in [0.25, 0.3) is 0 Å². The van der Waals surface area contributed by atoms with Gasteiger partial charge in [0.1, 0.15) is 12.4 Å². The number of halogens is 1. The van der Waals surface area contributed by atoms with Crippen LogP contribution in [-0.4, -0.2) is 30.3 Å². The average Bonchev–Trinajstić information content (AvgIpc) is 3.37. The van der Waals surface area contributed by atoms with Crippen LogP contribution in [0.2, 0.25) is 0 Å². The zero-order valence-electron chi connectivity index (χ0n) is 18.4. The fourth-order valence-electron chi connectivity index (χ4n) is 3.16. The summed E-state index contributed by atoms with van der Waals surface area (Å²) in [6.45, 7) is 0.375. The maximum absolute atomic E-state index is 12.9. The van der Waals surface area contributed by atoms with E-state index >= 15 is 0 Å². The third kappa shape index (κ3) is 8.42. The van der Waals surface area contributed by atoms with Gasteiger partial charge < -0.3 is 14.6 Å². The lowest BCUT2D eigenvalue weighted by Crippen LogP contribution is -2.13. The summed E-state index contributed by atoms with van der Waals surface area (Å²) in [5.41, 5.74) is 1.79. The standard InChI is InChI=1S/C27H25FO5S/c28-23-12-10-21(11-13-23)8-4-15-33-26(29)19-22(27(30)31)18-24(25-9-5-17-34-25)32-16-14-20-6-2-1-3-7-20/h1-13,17,19,24H,14-16,18H2,(H,30,31). The van der Waals surface area contributed by atoms with Crippen LogP contribution in [0, 0.1) is 5.82 Å². The second kappa shape index (κ2) is 13.2. The second-order valence-electron chi connectivity index (χ2n) is 7.37. The van der Waals surface area contributed by atoms with Gasteiger partial charge in [-0.1, -0.05) is 54.6 Å². The van der Waals surface area contributed by atoms with Crippen LogP contribution in [0.15, 0.2) is 89.8 Å². The largest absolute Gasteiger partial charge is 0.478 e. The molecule has 0 saturated heterocycles. The molecule has 3 rings (SSSR count). The van der Waals surface area contributed by atoms with E-state index in [1.54, 1.807) is 24.3 Å². The maximum Gasteiger partial charge on any atom is 0.331 e. The number of ether oxygens (including phenoxy) is 2. The van der Waals surface area contributed by atoms with E-state index < -0.39 is 18.0 Å². The molecule has 1 unspecified atom stereocenters. The van der Waals surface area contributed by atoms with Crippen LogP contribution < -0.4 is 0 Å². The molecule has 0 aliphatic heterocycles. The van der Waals surface area contributed by atoms with E-state index in [9.17, 15) is 19.1 Å². The molecule has 0 radical (unpaired) electrons. The maximum atomic E-state index is 12.9. The van der Waals surface area contributed by atoms with Crippen LogP contribution in [0.3, 0.4) is 0 Å². The van der Waals surface area contributed by atoms with Crippen LogP contribution in [0.4, 0.5) is 4.39 Å². The van der Waals surface area contributed by atoms with E-state index in [-0.39, 0.29) is 24.4 Å². The summed E-state index contributed by atoms with van der Waals surface area (Å²) < 4.78 is 24.1. The Morgan fingerprint density at radius 1 is 1.03 bits per heavy atom. The van der Waals surface area contributed by atoms with E-state index in [2.05, 4.69) is 0 Å². The molecule has 1 N–H and O–H groups in total. The molecule has 1 aromatic heterocycles. The predicted molar refractivity (Wildman–Crippen MR) is 130 cm³/mol. The van der Waals surface area contributed by atoms with E-state index in [0.717, 1.165) is 22.1 Å². The number of carbonyl (C=O) groups excluding carboxylic acids is 1. The number of carboxylic acid groups (broad SMARTS) is 1. The summed E-state index contributed by atoms with van der Waals surface area (Å²) in [7, 11) is 0. The van der Waals surface area contributed by atoms with Crippen molar-refractivity contribution in [3.05, 3.63) is 112 Å². The number of benzene rings is 2. The third-order valence-electron chi connectivity index (χ3n) is 4.89. The van der Waals surface area contributed by atoms with Crippen molar-refractivity contribution in [3.8, 4) is 0 Å². The summed E-state index contributed by atoms with van der Waals surface area (Å²) in [6, 6.07) is 19.5. The quantitative estimate of drug-likeness (QED) is 0.260. The molecular formula is C27H25FO5S. The van der Waals surface area contributed by atoms with E-state index in [1.807, 2.05) is 47.8 Å². The van der Waals surface area contributed by atoms with E-state index in [1.165, 1.54) is 23.5 Å². The average molecular weight is 481 g/mol. The van der Waals surface area contributed by atoms with Crippen LogP contribution in [0.25, 0.3) is 6.08 Å². The van der Waals surface area contributed by atoms with Crippen molar-refractivity contribution in [2.24, 2.45) is 0 Å². The lowest BCUT2D eigenvalue weighted by molar-refractivity contribution is -0.138. The van der Waals surface area contributed by atoms with Crippen LogP contribution in [0.5, 0.6) is 0 Å². The monoisotopic (exact) mass is 480 g/mol. The molecule has 1 heterocycles. The van der Waals surface area contributed by atoms with Gasteiger partial charge in [-0.25, -0.2) is 14.0 Å². The zero-order valence-corrected chi connectivity index (χ0v) is 19.2. The summed E-state index contributed by atoms with van der Waals surface area (Å²) >= 11 is 1.47. The van der Waals surface area contributed by atoms with Crippen molar-refractivity contribution in [2.75, 3.05) is 13.2 Å². The number of hydrogen-bond donors (Lipinski definition) is 1. The number of aliphatic carboxylic acids is 1. The normalized spacial score (nSPS) is 12.6. The molecule has 34 heavy (non-hydrogen) atoms. The van der Waals surface area contributed by atoms with Crippen molar-refractivity contribution in [2.45, 2.75) is 18.9 Å². The highest BCUT2D eigenvalue weighted by molar-refractivity contribution is 7.10. The highest BCUT2D eigenvalue weighted by atomic mass is 32.1. The van der Waals surface area contributed by atoms with Crippen LogP contribution in [0.1, 0.15) is 28.5 Å². The van der Waals surface area contributed by atoms with Crippen molar-refractivity contribution in [3.63, 3.8) is 0 Å². The molecule has 0 bridgehead atoms. The van der Waals surface area contributed by atoms with Crippen molar-refractivity contribution >= 4 is 29.4 Å². The molecule has 2 aromatic carbocycles. The molecular weight excluding hydrogens is 455 g/mol. The Morgan fingerprint density at radius 3 is 2.47 bits per heavy atom. The lowest BCUT2D eigenvalue weighted by Gasteiger charge is -2.17. The van der Waals surface area contributed by atoms with Crippen molar-refractivity contribution < 1.29 is 28.6 Å². The SMILES string of the molecule is O=C(C=C(CC(OCCc1ccccc1)c1cccs1)C(=O)O)OCC=Cc1ccc(F)cc1. The number of esters is 1. The number of carbonyl (C=O) groups is 2. The van der Waals surface area contributed by atoms with Gasteiger partial charge in [-0.05, 0) is 47.2 Å². The van der Waals surface area contributed by atoms with Crippen molar-refractivity contribution in [1.29, 1.82) is 0 Å². The zero-order chi connectivity index (χ0) is 24.2. The Hall–Kier alpha value is -3.55. The minimum Gasteiger partial charge on any atom is -0.478 e. The predicted octanol–water partition coefficient (Wildman–Crippen LogP) is 5.85. The molecule has 176 valence electrons. The molecule has 0 spiro atoms. The number of thiophene rings is 1. The highest BCUT2D eigenvalue weighted by Gasteiger charge is 2.20. The first kappa shape index (κ1) is 25.1. The van der Waals surface area contributed by atoms with Crippen LogP contribution >= 0.6 is 11.3 Å². The molecule has 0 aliphatic carbocycles. The van der Waals surface area contributed by atoms with Gasteiger partial charge in [-0.2, -0.15) is 0 Å². The van der Waals surface area contributed by atoms with Crippen LogP contribution in [-0.2, 0) is 25.5 Å². The summed E-state index contributed by atoms with van der Waals surface area (Å²) in [5.74, 6) is -2.29. The molecule has 0 aliphatic rings.